The van der Waals surface area contributed by atoms with Crippen molar-refractivity contribution < 1.29 is 17.9 Å². The second-order valence-electron chi connectivity index (χ2n) is 7.67. The maximum absolute atomic E-state index is 13.2. The fourth-order valence-electron chi connectivity index (χ4n) is 3.58. The van der Waals surface area contributed by atoms with Gasteiger partial charge >= 0.3 is 5.97 Å². The molecule has 0 aromatic heterocycles. The molecule has 4 nitrogen and oxygen atoms in total. The zero-order chi connectivity index (χ0) is 21.6. The van der Waals surface area contributed by atoms with E-state index < -0.39 is 20.7 Å². The highest BCUT2D eigenvalue weighted by atomic mass is 32.2. The van der Waals surface area contributed by atoms with Crippen LogP contribution in [0.2, 0.25) is 0 Å². The van der Waals surface area contributed by atoms with Crippen LogP contribution < -0.4 is 4.74 Å². The number of ether oxygens (including phenoxy) is 1. The molecule has 0 fully saturated rings. The van der Waals surface area contributed by atoms with E-state index in [1.807, 2.05) is 50.2 Å². The van der Waals surface area contributed by atoms with E-state index in [9.17, 15) is 13.2 Å². The lowest BCUT2D eigenvalue weighted by atomic mass is 10.1. The summed E-state index contributed by atoms with van der Waals surface area (Å²) in [7, 11) is -4.13. The molecule has 0 spiro atoms. The van der Waals surface area contributed by atoms with E-state index in [4.69, 9.17) is 4.74 Å². The minimum absolute atomic E-state index is 0.215. The Kier molecular flexibility index (Phi) is 5.24. The van der Waals surface area contributed by atoms with Crippen LogP contribution in [0.25, 0.3) is 0 Å². The lowest BCUT2D eigenvalue weighted by Crippen LogP contribution is -2.20. The number of carbonyl (C=O) groups excluding carboxylic acids is 1. The number of esters is 1. The quantitative estimate of drug-likeness (QED) is 0.253. The van der Waals surface area contributed by atoms with Crippen molar-refractivity contribution in [2.45, 2.75) is 52.2 Å². The molecule has 0 unspecified atom stereocenters. The Bertz CT molecular complexity index is 1180. The Balaban J connectivity index is 1.91. The molecule has 0 radical (unpaired) electrons. The molecule has 1 aliphatic rings. The number of hydrogen-bond donors (Lipinski definition) is 0. The van der Waals surface area contributed by atoms with Gasteiger partial charge in [-0.3, -0.25) is 4.79 Å². The van der Waals surface area contributed by atoms with Crippen LogP contribution in [0.5, 0.6) is 5.75 Å². The Morgan fingerprint density at radius 1 is 0.867 bits per heavy atom. The molecule has 1 aliphatic heterocycles. The smallest absolute Gasteiger partial charge is 0.313 e. The first kappa shape index (κ1) is 20.7. The van der Waals surface area contributed by atoms with Crippen LogP contribution in [0.15, 0.2) is 85.1 Å². The number of sulfone groups is 1. The van der Waals surface area contributed by atoms with Crippen molar-refractivity contribution in [3.63, 3.8) is 0 Å². The minimum Gasteiger partial charge on any atom is -0.426 e. The Labute approximate surface area is 180 Å². The van der Waals surface area contributed by atoms with E-state index in [1.54, 1.807) is 38.1 Å². The van der Waals surface area contributed by atoms with Crippen molar-refractivity contribution in [2.24, 2.45) is 5.92 Å². The van der Waals surface area contributed by atoms with E-state index in [-0.39, 0.29) is 11.9 Å². The summed E-state index contributed by atoms with van der Waals surface area (Å²) < 4.78 is 32.0. The highest BCUT2D eigenvalue weighted by molar-refractivity contribution is 8.00. The fraction of sp³-hybridized carbons (Fsp3) is 0.208. The van der Waals surface area contributed by atoms with E-state index in [1.165, 1.54) is 0 Å². The third-order valence-corrected chi connectivity index (χ3v) is 9.49. The number of aryl methyl sites for hydroxylation is 2. The summed E-state index contributed by atoms with van der Waals surface area (Å²) in [5.74, 6) is 0.0933. The van der Waals surface area contributed by atoms with Crippen molar-refractivity contribution in [1.29, 1.82) is 0 Å². The predicted octanol–water partition coefficient (Wildman–Crippen LogP) is 5.11. The van der Waals surface area contributed by atoms with E-state index >= 15 is 0 Å². The molecule has 30 heavy (non-hydrogen) atoms. The van der Waals surface area contributed by atoms with Gasteiger partial charge in [0.25, 0.3) is 0 Å². The van der Waals surface area contributed by atoms with Gasteiger partial charge in [-0.05, 0) is 49.2 Å². The molecule has 4 rings (SSSR count). The van der Waals surface area contributed by atoms with Crippen LogP contribution >= 0.6 is 0 Å². The van der Waals surface area contributed by atoms with Gasteiger partial charge < -0.3 is 4.74 Å². The summed E-state index contributed by atoms with van der Waals surface area (Å²) in [5, 5.41) is 0. The molecule has 0 N–H and O–H groups in total. The zero-order valence-corrected chi connectivity index (χ0v) is 18.9. The Morgan fingerprint density at radius 2 is 1.33 bits per heavy atom. The molecule has 6 heteroatoms. The largest absolute Gasteiger partial charge is 0.426 e. The van der Waals surface area contributed by atoms with Gasteiger partial charge in [0.15, 0.2) is 14.7 Å². The minimum atomic E-state index is -3.56. The summed E-state index contributed by atoms with van der Waals surface area (Å²) in [6.07, 6.45) is 0. The van der Waals surface area contributed by atoms with Crippen LogP contribution in [0.3, 0.4) is 0 Å². The standard InChI is InChI=1S/C24H23O4S2/c1-15(2)24(25)28-23-16(3)13-18(14-17(23)4)29-19-9-5-7-11-21(19)30(26,27)22-12-8-6-10-20(22)29/h5-15H,1-4H3/q+1. The number of benzene rings is 3. The monoisotopic (exact) mass is 439 g/mol. The first-order chi connectivity index (χ1) is 14.2. The normalized spacial score (nSPS) is 14.8. The molecule has 0 atom stereocenters. The molecule has 3 aromatic rings. The van der Waals surface area contributed by atoms with Gasteiger partial charge in [0, 0.05) is 12.1 Å². The van der Waals surface area contributed by atoms with Gasteiger partial charge in [-0.1, -0.05) is 38.1 Å². The molecule has 154 valence electrons. The number of fused-ring (bicyclic) bond motifs is 2. The SMILES string of the molecule is Cc1cc([S+]2c3ccccc3S(=O)(=O)c3ccccc32)cc(C)c1OC(=O)C(C)C. The van der Waals surface area contributed by atoms with Crippen LogP contribution in [-0.4, -0.2) is 14.4 Å². The van der Waals surface area contributed by atoms with Gasteiger partial charge in [0.2, 0.25) is 9.84 Å². The third-order valence-electron chi connectivity index (χ3n) is 5.06. The summed E-state index contributed by atoms with van der Waals surface area (Å²) >= 11 is 0. The summed E-state index contributed by atoms with van der Waals surface area (Å²) in [4.78, 5) is 15.4. The zero-order valence-electron chi connectivity index (χ0n) is 17.3. The first-order valence-corrected chi connectivity index (χ1v) is 12.4. The summed E-state index contributed by atoms with van der Waals surface area (Å²) in [6, 6.07) is 18.4. The summed E-state index contributed by atoms with van der Waals surface area (Å²) in [6.45, 7) is 7.45. The molecular weight excluding hydrogens is 416 g/mol. The summed E-state index contributed by atoms with van der Waals surface area (Å²) in [5.41, 5.74) is 1.71. The van der Waals surface area contributed by atoms with E-state index in [0.717, 1.165) is 25.8 Å². The highest BCUT2D eigenvalue weighted by Gasteiger charge is 2.45. The van der Waals surface area contributed by atoms with Crippen molar-refractivity contribution in [3.8, 4) is 5.75 Å². The molecule has 0 saturated carbocycles. The van der Waals surface area contributed by atoms with Crippen LogP contribution in [0.1, 0.15) is 25.0 Å². The molecule has 0 aliphatic carbocycles. The van der Waals surface area contributed by atoms with Gasteiger partial charge in [0.1, 0.15) is 26.4 Å². The maximum Gasteiger partial charge on any atom is 0.313 e. The highest BCUT2D eigenvalue weighted by Crippen LogP contribution is 2.45. The average Bonchev–Trinajstić information content (AvgIpc) is 2.71. The topological polar surface area (TPSA) is 60.4 Å². The van der Waals surface area contributed by atoms with Crippen molar-refractivity contribution in [3.05, 3.63) is 71.8 Å². The first-order valence-electron chi connectivity index (χ1n) is 9.72. The van der Waals surface area contributed by atoms with Crippen molar-refractivity contribution in [1.82, 2.24) is 0 Å². The maximum atomic E-state index is 13.2. The molecular formula is C24H23O4S2+. The average molecular weight is 440 g/mol. The molecule has 3 aromatic carbocycles. The molecule has 0 saturated heterocycles. The van der Waals surface area contributed by atoms with Gasteiger partial charge in [-0.25, -0.2) is 8.42 Å². The van der Waals surface area contributed by atoms with E-state index in [0.29, 0.717) is 15.5 Å². The van der Waals surface area contributed by atoms with Crippen LogP contribution in [0, 0.1) is 19.8 Å². The predicted molar refractivity (Wildman–Crippen MR) is 117 cm³/mol. The lowest BCUT2D eigenvalue weighted by Gasteiger charge is -2.20. The lowest BCUT2D eigenvalue weighted by molar-refractivity contribution is -0.137. The van der Waals surface area contributed by atoms with Gasteiger partial charge in [-0.2, -0.15) is 0 Å². The second kappa shape index (κ2) is 7.60. The van der Waals surface area contributed by atoms with Crippen molar-refractivity contribution >= 4 is 26.7 Å². The Hall–Kier alpha value is -2.57. The van der Waals surface area contributed by atoms with Crippen molar-refractivity contribution in [2.75, 3.05) is 0 Å². The molecule has 1 heterocycles. The molecule has 0 bridgehead atoms. The third kappa shape index (κ3) is 3.34. The Morgan fingerprint density at radius 3 is 1.80 bits per heavy atom. The second-order valence-corrected chi connectivity index (χ2v) is 11.5. The van der Waals surface area contributed by atoms with E-state index in [2.05, 4.69) is 0 Å². The van der Waals surface area contributed by atoms with Gasteiger partial charge in [-0.15, -0.1) is 0 Å². The van der Waals surface area contributed by atoms with Gasteiger partial charge in [0.05, 0.1) is 5.92 Å². The molecule has 0 amide bonds. The number of hydrogen-bond acceptors (Lipinski definition) is 4. The number of rotatable bonds is 3. The van der Waals surface area contributed by atoms with Crippen LogP contribution in [0.4, 0.5) is 0 Å². The van der Waals surface area contributed by atoms with Crippen LogP contribution in [-0.2, 0) is 25.5 Å². The number of carbonyl (C=O) groups is 1. The fourth-order valence-corrected chi connectivity index (χ4v) is 8.46.